The summed E-state index contributed by atoms with van der Waals surface area (Å²) >= 11 is 0. The third-order valence-electron chi connectivity index (χ3n) is 12.2. The van der Waals surface area contributed by atoms with Crippen LogP contribution in [-0.2, 0) is 6.18 Å². The Morgan fingerprint density at radius 1 is 0.468 bits per heavy atom. The molecular formula is C55H37F3N4. The lowest BCUT2D eigenvalue weighted by Gasteiger charge is -2.23. The Kier molecular flexibility index (Phi) is 8.91. The van der Waals surface area contributed by atoms with Gasteiger partial charge >= 0.3 is 6.18 Å². The Morgan fingerprint density at radius 2 is 0.984 bits per heavy atom. The summed E-state index contributed by atoms with van der Waals surface area (Å²) in [4.78, 5) is 7.96. The van der Waals surface area contributed by atoms with E-state index in [1.807, 2.05) is 47.0 Å². The van der Waals surface area contributed by atoms with Crippen LogP contribution >= 0.6 is 0 Å². The summed E-state index contributed by atoms with van der Waals surface area (Å²) in [7, 11) is 0. The minimum absolute atomic E-state index is 0.134. The third kappa shape index (κ3) is 5.97. The van der Waals surface area contributed by atoms with Crippen molar-refractivity contribution < 1.29 is 13.2 Å². The van der Waals surface area contributed by atoms with Gasteiger partial charge in [-0.1, -0.05) is 132 Å². The van der Waals surface area contributed by atoms with E-state index in [9.17, 15) is 0 Å². The maximum absolute atomic E-state index is 15.2. The number of hydrogen-bond acceptors (Lipinski definition) is 0. The highest BCUT2D eigenvalue weighted by molar-refractivity contribution is 6.14. The summed E-state index contributed by atoms with van der Waals surface area (Å²) in [5, 5.41) is 3.71. The van der Waals surface area contributed by atoms with Gasteiger partial charge in [0, 0.05) is 27.1 Å². The number of hydrogen-bond donors (Lipinski definition) is 0. The second kappa shape index (κ2) is 14.4. The van der Waals surface area contributed by atoms with E-state index >= 15 is 13.2 Å². The van der Waals surface area contributed by atoms with E-state index in [0.717, 1.165) is 94.2 Å². The zero-order valence-corrected chi connectivity index (χ0v) is 34.4. The molecule has 10 rings (SSSR count). The molecule has 7 heteroatoms. The van der Waals surface area contributed by atoms with Crippen molar-refractivity contribution in [2.75, 3.05) is 0 Å². The Balaban J connectivity index is 1.38. The minimum Gasteiger partial charge on any atom is -0.319 e. The van der Waals surface area contributed by atoms with E-state index in [4.69, 9.17) is 13.1 Å². The van der Waals surface area contributed by atoms with Crippen LogP contribution in [0.2, 0.25) is 0 Å². The maximum atomic E-state index is 15.2. The van der Waals surface area contributed by atoms with Crippen molar-refractivity contribution in [3.05, 3.63) is 202 Å². The molecule has 0 atom stereocenters. The van der Waals surface area contributed by atoms with E-state index < -0.39 is 11.7 Å². The van der Waals surface area contributed by atoms with Crippen molar-refractivity contribution in [3.63, 3.8) is 0 Å². The van der Waals surface area contributed by atoms with Gasteiger partial charge < -0.3 is 9.13 Å². The second-order valence-electron chi connectivity index (χ2n) is 16.1. The van der Waals surface area contributed by atoms with E-state index in [1.165, 1.54) is 12.1 Å². The van der Waals surface area contributed by atoms with Crippen LogP contribution in [0.5, 0.6) is 0 Å². The Bertz CT molecular complexity index is 3590. The average Bonchev–Trinajstić information content (AvgIpc) is 3.77. The van der Waals surface area contributed by atoms with Crippen molar-refractivity contribution in [2.45, 2.75) is 33.9 Å². The first-order chi connectivity index (χ1) is 30.0. The van der Waals surface area contributed by atoms with Gasteiger partial charge in [-0.3, -0.25) is 0 Å². The smallest absolute Gasteiger partial charge is 0.319 e. The Hall–Kier alpha value is -7.87. The molecule has 8 aromatic carbocycles. The number of aromatic nitrogens is 2. The molecule has 0 saturated carbocycles. The van der Waals surface area contributed by atoms with Gasteiger partial charge in [0.05, 0.1) is 52.1 Å². The fraction of sp³-hybridized carbons (Fsp3) is 0.0909. The number of halogens is 3. The molecule has 0 bridgehead atoms. The first-order valence-electron chi connectivity index (χ1n) is 20.3. The monoisotopic (exact) mass is 810 g/mol. The largest absolute Gasteiger partial charge is 0.415 e. The first kappa shape index (κ1) is 38.3. The van der Waals surface area contributed by atoms with Gasteiger partial charge in [0.1, 0.15) is 0 Å². The molecule has 10 aromatic rings. The summed E-state index contributed by atoms with van der Waals surface area (Å²) in [5.41, 5.74) is 11.4. The second-order valence-corrected chi connectivity index (χ2v) is 16.1. The zero-order chi connectivity index (χ0) is 43.0. The number of rotatable bonds is 5. The van der Waals surface area contributed by atoms with Gasteiger partial charge in [-0.05, 0) is 97.0 Å². The van der Waals surface area contributed by atoms with Crippen molar-refractivity contribution in [2.24, 2.45) is 0 Å². The van der Waals surface area contributed by atoms with Crippen LogP contribution in [0.25, 0.3) is 98.1 Å². The molecule has 2 aromatic heterocycles. The topological polar surface area (TPSA) is 18.6 Å². The van der Waals surface area contributed by atoms with E-state index in [1.54, 1.807) is 12.1 Å². The van der Waals surface area contributed by atoms with E-state index in [-0.39, 0.29) is 28.2 Å². The normalized spacial score (nSPS) is 11.8. The molecule has 0 amide bonds. The van der Waals surface area contributed by atoms with Crippen molar-refractivity contribution in [1.82, 2.24) is 9.13 Å². The summed E-state index contributed by atoms with van der Waals surface area (Å²) in [6.07, 6.45) is -4.79. The van der Waals surface area contributed by atoms with Gasteiger partial charge in [-0.15, -0.1) is 0 Å². The lowest BCUT2D eigenvalue weighted by molar-refractivity contribution is -0.137. The Morgan fingerprint density at radius 3 is 1.52 bits per heavy atom. The molecule has 0 N–H and O–H groups in total. The standard InChI is InChI=1S/C55H37F3N4/c1-32-18-22-38(34(3)28-32)36-20-24-42-40-12-7-9-16-47(40)61(50(42)30-36)49-27-26-44(52-45(55(56,57)58)14-11-15-46(52)59-5)54(53(49)60-6)62-48-17-10-8-13-41(48)43-25-21-37(31-51(43)62)39-23-19-33(2)29-35(39)4/h7-31H,1-4H3. The SMILES string of the molecule is [C-]#[N+]c1cccc(C(F)(F)F)c1-c1ccc(-n2c3ccccc3c3ccc(-c4ccc(C)cc4C)cc32)c([N+]#[C-])c1-n1c2ccccc2c2ccc(-c3ccc(C)cc3C)cc21. The predicted octanol–water partition coefficient (Wildman–Crippen LogP) is 16.2. The van der Waals surface area contributed by atoms with Crippen LogP contribution in [-0.4, -0.2) is 9.13 Å². The number of alkyl halides is 3. The molecule has 0 aliphatic carbocycles. The summed E-state index contributed by atoms with van der Waals surface area (Å²) < 4.78 is 49.7. The van der Waals surface area contributed by atoms with Crippen LogP contribution in [0.1, 0.15) is 27.8 Å². The van der Waals surface area contributed by atoms with Crippen LogP contribution in [0.4, 0.5) is 24.5 Å². The van der Waals surface area contributed by atoms with Crippen LogP contribution in [0, 0.1) is 40.8 Å². The first-order valence-corrected chi connectivity index (χ1v) is 20.3. The minimum atomic E-state index is -4.79. The number of fused-ring (bicyclic) bond motifs is 6. The fourth-order valence-corrected chi connectivity index (χ4v) is 9.49. The molecule has 0 unspecified atom stereocenters. The van der Waals surface area contributed by atoms with Crippen LogP contribution < -0.4 is 0 Å². The molecule has 0 aliphatic rings. The molecule has 62 heavy (non-hydrogen) atoms. The van der Waals surface area contributed by atoms with Gasteiger partial charge in [-0.2, -0.15) is 13.2 Å². The highest BCUT2D eigenvalue weighted by Crippen LogP contribution is 2.51. The molecule has 0 radical (unpaired) electrons. The predicted molar refractivity (Wildman–Crippen MR) is 248 cm³/mol. The lowest BCUT2D eigenvalue weighted by Crippen LogP contribution is -2.09. The number of para-hydroxylation sites is 2. The summed E-state index contributed by atoms with van der Waals surface area (Å²) in [6.45, 7) is 25.5. The molecule has 4 nitrogen and oxygen atoms in total. The van der Waals surface area contributed by atoms with Gasteiger partial charge in [0.2, 0.25) is 5.69 Å². The third-order valence-corrected chi connectivity index (χ3v) is 12.2. The molecule has 0 spiro atoms. The molecule has 298 valence electrons. The highest BCUT2D eigenvalue weighted by atomic mass is 19.4. The van der Waals surface area contributed by atoms with E-state index in [2.05, 4.69) is 121 Å². The van der Waals surface area contributed by atoms with Gasteiger partial charge in [0.25, 0.3) is 0 Å². The molecule has 2 heterocycles. The lowest BCUT2D eigenvalue weighted by atomic mass is 9.94. The highest BCUT2D eigenvalue weighted by Gasteiger charge is 2.36. The van der Waals surface area contributed by atoms with Gasteiger partial charge in [0.15, 0.2) is 5.69 Å². The summed E-state index contributed by atoms with van der Waals surface area (Å²) in [5.74, 6) is 0. The number of nitrogens with zero attached hydrogens (tertiary/aromatic N) is 4. The molecule has 0 aliphatic heterocycles. The number of benzene rings is 8. The van der Waals surface area contributed by atoms with Crippen LogP contribution in [0.3, 0.4) is 0 Å². The summed E-state index contributed by atoms with van der Waals surface area (Å²) in [6, 6.07) is 48.2. The van der Waals surface area contributed by atoms with Crippen molar-refractivity contribution in [1.29, 1.82) is 0 Å². The molecular weight excluding hydrogens is 774 g/mol. The fourth-order valence-electron chi connectivity index (χ4n) is 9.49. The molecule has 0 fully saturated rings. The van der Waals surface area contributed by atoms with E-state index in [0.29, 0.717) is 5.69 Å². The zero-order valence-electron chi connectivity index (χ0n) is 34.4. The van der Waals surface area contributed by atoms with Crippen LogP contribution in [0.15, 0.2) is 152 Å². The Labute approximate surface area is 357 Å². The number of aryl methyl sites for hydroxylation is 4. The van der Waals surface area contributed by atoms with Crippen molar-refractivity contribution >= 4 is 55.0 Å². The maximum Gasteiger partial charge on any atom is 0.415 e. The van der Waals surface area contributed by atoms with Gasteiger partial charge in [-0.25, -0.2) is 9.69 Å². The van der Waals surface area contributed by atoms with Crippen molar-refractivity contribution in [3.8, 4) is 44.8 Å². The average molecular weight is 811 g/mol. The quantitative estimate of drug-likeness (QED) is 0.154. The molecule has 0 saturated heterocycles.